The number of carbonyl (C=O) groups is 1. The molecular weight excluding hydrogens is 482 g/mol. The lowest BCUT2D eigenvalue weighted by Crippen LogP contribution is -2.28. The number of thiophene rings is 1. The van der Waals surface area contributed by atoms with Crippen molar-refractivity contribution >= 4 is 27.2 Å². The van der Waals surface area contributed by atoms with Crippen LogP contribution < -0.4 is 10.3 Å². The number of aromatic nitrogens is 1. The van der Waals surface area contributed by atoms with E-state index in [0.29, 0.717) is 27.1 Å². The predicted molar refractivity (Wildman–Crippen MR) is 138 cm³/mol. The van der Waals surface area contributed by atoms with Crippen LogP contribution in [0.2, 0.25) is 0 Å². The van der Waals surface area contributed by atoms with Crippen LogP contribution in [-0.2, 0) is 13.6 Å². The number of pyridine rings is 1. The minimum absolute atomic E-state index is 0.0987. The third kappa shape index (κ3) is 4.83. The minimum Gasteiger partial charge on any atom is -0.454 e. The van der Waals surface area contributed by atoms with Gasteiger partial charge in [0.1, 0.15) is 16.3 Å². The van der Waals surface area contributed by atoms with Crippen LogP contribution in [0.25, 0.3) is 21.2 Å². The van der Waals surface area contributed by atoms with Crippen LogP contribution in [-0.4, -0.2) is 28.3 Å². The molecule has 0 aliphatic carbocycles. The monoisotopic (exact) mass is 508 g/mol. The first-order chi connectivity index (χ1) is 17.3. The Morgan fingerprint density at radius 2 is 1.75 bits per heavy atom. The van der Waals surface area contributed by atoms with E-state index in [0.717, 1.165) is 42.0 Å². The van der Waals surface area contributed by atoms with Gasteiger partial charge < -0.3 is 9.30 Å². The van der Waals surface area contributed by atoms with Gasteiger partial charge in [-0.3, -0.25) is 14.5 Å². The number of Topliss-reactive ketones (excluding diaryl/α,β-unsaturated/α-hetero) is 1. The maximum atomic E-state index is 14.4. The summed E-state index contributed by atoms with van der Waals surface area (Å²) in [5.74, 6) is -1.50. The summed E-state index contributed by atoms with van der Waals surface area (Å²) in [6.45, 7) is 4.33. The fraction of sp³-hybridized carbons (Fsp3) is 0.286. The highest BCUT2D eigenvalue weighted by Crippen LogP contribution is 2.40. The minimum atomic E-state index is -0.832. The van der Waals surface area contributed by atoms with E-state index in [1.165, 1.54) is 48.2 Å². The number of benzene rings is 2. The molecule has 186 valence electrons. The van der Waals surface area contributed by atoms with Gasteiger partial charge in [-0.05, 0) is 69.3 Å². The number of hydrogen-bond acceptors (Lipinski definition) is 5. The number of hydrogen-bond donors (Lipinski definition) is 0. The van der Waals surface area contributed by atoms with Gasteiger partial charge in [-0.1, -0.05) is 6.42 Å². The second kappa shape index (κ2) is 9.95. The average Bonchev–Trinajstić information content (AvgIpc) is 3.28. The number of ether oxygens (including phenoxy) is 1. The second-order valence-electron chi connectivity index (χ2n) is 9.20. The van der Waals surface area contributed by atoms with Gasteiger partial charge in [-0.25, -0.2) is 8.78 Å². The molecule has 36 heavy (non-hydrogen) atoms. The summed E-state index contributed by atoms with van der Waals surface area (Å²) < 4.78 is 35.9. The zero-order chi connectivity index (χ0) is 25.4. The highest BCUT2D eigenvalue weighted by atomic mass is 32.1. The summed E-state index contributed by atoms with van der Waals surface area (Å²) in [6.07, 6.45) is 5.32. The third-order valence-corrected chi connectivity index (χ3v) is 7.64. The fourth-order valence-electron chi connectivity index (χ4n) is 4.64. The quantitative estimate of drug-likeness (QED) is 0.278. The molecule has 5 rings (SSSR count). The van der Waals surface area contributed by atoms with Crippen molar-refractivity contribution in [1.29, 1.82) is 0 Å². The number of rotatable bonds is 6. The molecule has 1 fully saturated rings. The molecule has 1 saturated heterocycles. The van der Waals surface area contributed by atoms with Gasteiger partial charge in [0.05, 0.1) is 0 Å². The van der Waals surface area contributed by atoms with Crippen molar-refractivity contribution in [2.24, 2.45) is 7.05 Å². The highest BCUT2D eigenvalue weighted by Gasteiger charge is 2.20. The number of halogens is 2. The molecule has 0 bridgehead atoms. The molecule has 0 unspecified atom stereocenters. The van der Waals surface area contributed by atoms with Gasteiger partial charge in [-0.2, -0.15) is 0 Å². The number of fused-ring (bicyclic) bond motifs is 1. The molecule has 0 radical (unpaired) electrons. The van der Waals surface area contributed by atoms with E-state index in [2.05, 4.69) is 4.90 Å². The maximum Gasteiger partial charge on any atom is 0.268 e. The number of carbonyl (C=O) groups excluding carboxylic acids is 1. The number of ketones is 1. The van der Waals surface area contributed by atoms with Gasteiger partial charge >= 0.3 is 0 Å². The zero-order valence-electron chi connectivity index (χ0n) is 20.1. The topological polar surface area (TPSA) is 51.5 Å². The lowest BCUT2D eigenvalue weighted by molar-refractivity contribution is 0.101. The van der Waals surface area contributed by atoms with Crippen molar-refractivity contribution in [2.75, 3.05) is 13.1 Å². The number of piperidine rings is 1. The first kappa shape index (κ1) is 24.3. The summed E-state index contributed by atoms with van der Waals surface area (Å²) in [6, 6.07) is 10.1. The number of nitrogens with zero attached hydrogens (tertiary/aromatic N) is 2. The van der Waals surface area contributed by atoms with Crippen molar-refractivity contribution in [3.63, 3.8) is 0 Å². The Morgan fingerprint density at radius 3 is 2.47 bits per heavy atom. The summed E-state index contributed by atoms with van der Waals surface area (Å²) in [5.41, 5.74) is 1.62. The Kier molecular flexibility index (Phi) is 6.73. The Morgan fingerprint density at radius 1 is 1.00 bits per heavy atom. The third-order valence-electron chi connectivity index (χ3n) is 6.53. The summed E-state index contributed by atoms with van der Waals surface area (Å²) in [7, 11) is 1.68. The van der Waals surface area contributed by atoms with Gasteiger partial charge in [0.25, 0.3) is 5.56 Å². The van der Waals surface area contributed by atoms with Crippen LogP contribution in [0.1, 0.15) is 41.4 Å². The number of aryl methyl sites for hydroxylation is 1. The van der Waals surface area contributed by atoms with Crippen LogP contribution in [0.15, 0.2) is 53.5 Å². The molecule has 1 aliphatic heterocycles. The predicted octanol–water partition coefficient (Wildman–Crippen LogP) is 6.53. The second-order valence-corrected chi connectivity index (χ2v) is 10.3. The Hall–Kier alpha value is -3.36. The van der Waals surface area contributed by atoms with Crippen LogP contribution in [0, 0.1) is 11.6 Å². The van der Waals surface area contributed by atoms with Gasteiger partial charge in [0.15, 0.2) is 17.3 Å². The van der Waals surface area contributed by atoms with Gasteiger partial charge in [0, 0.05) is 52.8 Å². The summed E-state index contributed by atoms with van der Waals surface area (Å²) >= 11 is 1.48. The molecule has 8 heteroatoms. The van der Waals surface area contributed by atoms with E-state index >= 15 is 0 Å². The fourth-order valence-corrected chi connectivity index (χ4v) is 5.83. The molecule has 0 atom stereocenters. The van der Waals surface area contributed by atoms with E-state index in [4.69, 9.17) is 4.74 Å². The summed E-state index contributed by atoms with van der Waals surface area (Å²) in [5, 5.41) is 0.764. The van der Waals surface area contributed by atoms with Crippen LogP contribution >= 0.6 is 11.3 Å². The van der Waals surface area contributed by atoms with E-state index < -0.39 is 11.6 Å². The Labute approximate surface area is 211 Å². The van der Waals surface area contributed by atoms with Crippen molar-refractivity contribution in [3.8, 4) is 22.6 Å². The van der Waals surface area contributed by atoms with Crippen LogP contribution in [0.5, 0.6) is 11.5 Å². The lowest BCUT2D eigenvalue weighted by Gasteiger charge is -2.25. The van der Waals surface area contributed by atoms with Crippen molar-refractivity contribution in [1.82, 2.24) is 9.47 Å². The Balaban J connectivity index is 1.65. The molecule has 1 aliphatic rings. The molecule has 0 saturated carbocycles. The molecule has 3 heterocycles. The SMILES string of the molecule is CC(=O)c1ccc(Oc2ccc(F)cc2F)c(-c2cn(C)c(=O)c3sc(CN4CCCCC4)cc23)c1. The molecule has 0 spiro atoms. The first-order valence-corrected chi connectivity index (χ1v) is 12.7. The molecule has 2 aromatic carbocycles. The van der Waals surface area contributed by atoms with Crippen LogP contribution in [0.3, 0.4) is 0 Å². The lowest BCUT2D eigenvalue weighted by atomic mass is 9.99. The zero-order valence-corrected chi connectivity index (χ0v) is 21.0. The van der Waals surface area contributed by atoms with Gasteiger partial charge in [-0.15, -0.1) is 11.3 Å². The van der Waals surface area contributed by atoms with E-state index in [-0.39, 0.29) is 17.1 Å². The standard InChI is InChI=1S/C28H26F2N2O3S/c1-17(33)18-6-8-25(35-26-9-7-19(29)13-24(26)30)21(12-18)23-16-31(2)28(34)27-22(23)14-20(36-27)15-32-10-4-3-5-11-32/h6-9,12-14,16H,3-5,10-11,15H2,1-2H3. The van der Waals surface area contributed by atoms with E-state index in [1.807, 2.05) is 6.07 Å². The van der Waals surface area contributed by atoms with Crippen molar-refractivity contribution in [3.05, 3.63) is 81.1 Å². The number of likely N-dealkylation sites (tertiary alicyclic amines) is 1. The first-order valence-electron chi connectivity index (χ1n) is 11.9. The maximum absolute atomic E-state index is 14.4. The summed E-state index contributed by atoms with van der Waals surface area (Å²) in [4.78, 5) is 28.7. The van der Waals surface area contributed by atoms with E-state index in [1.54, 1.807) is 31.4 Å². The largest absolute Gasteiger partial charge is 0.454 e. The van der Waals surface area contributed by atoms with E-state index in [9.17, 15) is 18.4 Å². The molecule has 2 aromatic heterocycles. The van der Waals surface area contributed by atoms with Crippen molar-refractivity contribution in [2.45, 2.75) is 32.7 Å². The smallest absolute Gasteiger partial charge is 0.268 e. The highest BCUT2D eigenvalue weighted by molar-refractivity contribution is 7.19. The van der Waals surface area contributed by atoms with Crippen molar-refractivity contribution < 1.29 is 18.3 Å². The molecule has 0 N–H and O–H groups in total. The van der Waals surface area contributed by atoms with Gasteiger partial charge in [0.2, 0.25) is 0 Å². The molecule has 4 aromatic rings. The molecule has 5 nitrogen and oxygen atoms in total. The molecular formula is C28H26F2N2O3S. The average molecular weight is 509 g/mol. The normalized spacial score (nSPS) is 14.3. The van der Waals surface area contributed by atoms with Crippen LogP contribution in [0.4, 0.5) is 8.78 Å². The molecule has 0 amide bonds. The Bertz CT molecular complexity index is 1520.